The van der Waals surface area contributed by atoms with Gasteiger partial charge in [-0.1, -0.05) is 0 Å². The Hall–Kier alpha value is -1.40. The van der Waals surface area contributed by atoms with E-state index < -0.39 is 0 Å². The number of aliphatic hydroxyl groups excluding tert-OH is 1. The number of hydrogen-bond donors (Lipinski definition) is 3. The van der Waals surface area contributed by atoms with Gasteiger partial charge in [-0.2, -0.15) is 4.98 Å². The van der Waals surface area contributed by atoms with Crippen LogP contribution in [0.5, 0.6) is 0 Å². The van der Waals surface area contributed by atoms with E-state index in [1.807, 2.05) is 13.0 Å². The SMILES string of the molecule is CCNc1nccc(NCCCOCCO)n1. The van der Waals surface area contributed by atoms with Crippen molar-refractivity contribution < 1.29 is 9.84 Å². The molecule has 0 aromatic carbocycles. The first-order chi connectivity index (χ1) is 8.36. The average Bonchev–Trinajstić information content (AvgIpc) is 2.35. The normalized spacial score (nSPS) is 10.2. The molecular formula is C11H20N4O2. The molecule has 0 saturated carbocycles. The van der Waals surface area contributed by atoms with Gasteiger partial charge in [0.1, 0.15) is 5.82 Å². The molecule has 0 atom stereocenters. The summed E-state index contributed by atoms with van der Waals surface area (Å²) in [6, 6.07) is 1.83. The molecule has 1 rings (SSSR count). The Bertz CT molecular complexity index is 309. The van der Waals surface area contributed by atoms with E-state index in [9.17, 15) is 0 Å². The van der Waals surface area contributed by atoms with Crippen LogP contribution in [0.15, 0.2) is 12.3 Å². The maximum atomic E-state index is 8.52. The van der Waals surface area contributed by atoms with E-state index in [0.29, 0.717) is 19.2 Å². The number of nitrogens with zero attached hydrogens (tertiary/aromatic N) is 2. The van der Waals surface area contributed by atoms with Crippen LogP contribution in [-0.2, 0) is 4.74 Å². The van der Waals surface area contributed by atoms with E-state index in [1.54, 1.807) is 6.20 Å². The monoisotopic (exact) mass is 240 g/mol. The first-order valence-electron chi connectivity index (χ1n) is 5.86. The predicted molar refractivity (Wildman–Crippen MR) is 67.2 cm³/mol. The van der Waals surface area contributed by atoms with Crippen LogP contribution in [0.3, 0.4) is 0 Å². The van der Waals surface area contributed by atoms with Crippen LogP contribution in [0.25, 0.3) is 0 Å². The fourth-order valence-corrected chi connectivity index (χ4v) is 1.26. The lowest BCUT2D eigenvalue weighted by Gasteiger charge is -2.07. The number of nitrogens with one attached hydrogen (secondary N) is 2. The lowest BCUT2D eigenvalue weighted by atomic mass is 10.4. The first kappa shape index (κ1) is 13.7. The molecule has 0 bridgehead atoms. The minimum Gasteiger partial charge on any atom is -0.394 e. The second kappa shape index (κ2) is 8.72. The van der Waals surface area contributed by atoms with Gasteiger partial charge in [-0.15, -0.1) is 0 Å². The molecule has 0 amide bonds. The van der Waals surface area contributed by atoms with Crippen molar-refractivity contribution in [3.8, 4) is 0 Å². The molecule has 1 aromatic heterocycles. The van der Waals surface area contributed by atoms with Crippen LogP contribution >= 0.6 is 0 Å². The molecule has 0 radical (unpaired) electrons. The largest absolute Gasteiger partial charge is 0.394 e. The number of rotatable bonds is 9. The van der Waals surface area contributed by atoms with Crippen LogP contribution in [0, 0.1) is 0 Å². The Kier molecular flexibility index (Phi) is 7.01. The number of hydrogen-bond acceptors (Lipinski definition) is 6. The standard InChI is InChI=1S/C11H20N4O2/c1-2-12-11-14-6-4-10(15-11)13-5-3-8-17-9-7-16/h4,6,16H,2-3,5,7-9H2,1H3,(H2,12,13,14,15). The Balaban J connectivity index is 2.19. The summed E-state index contributed by atoms with van der Waals surface area (Å²) in [6.07, 6.45) is 2.59. The molecule has 96 valence electrons. The second-order valence-corrected chi connectivity index (χ2v) is 3.41. The van der Waals surface area contributed by atoms with Crippen molar-refractivity contribution in [1.82, 2.24) is 9.97 Å². The Morgan fingerprint density at radius 3 is 3.00 bits per heavy atom. The minimum atomic E-state index is 0.0748. The van der Waals surface area contributed by atoms with E-state index in [2.05, 4.69) is 20.6 Å². The van der Waals surface area contributed by atoms with E-state index in [-0.39, 0.29) is 6.61 Å². The van der Waals surface area contributed by atoms with Crippen molar-refractivity contribution >= 4 is 11.8 Å². The zero-order valence-corrected chi connectivity index (χ0v) is 10.1. The molecule has 0 aliphatic heterocycles. The van der Waals surface area contributed by atoms with Crippen molar-refractivity contribution in [2.45, 2.75) is 13.3 Å². The van der Waals surface area contributed by atoms with Gasteiger partial charge in [0.15, 0.2) is 0 Å². The van der Waals surface area contributed by atoms with Crippen LogP contribution < -0.4 is 10.6 Å². The van der Waals surface area contributed by atoms with Crippen molar-refractivity contribution in [2.24, 2.45) is 0 Å². The molecule has 3 N–H and O–H groups in total. The molecule has 1 aromatic rings. The Morgan fingerprint density at radius 2 is 2.24 bits per heavy atom. The molecule has 0 aliphatic carbocycles. The number of ether oxygens (including phenoxy) is 1. The van der Waals surface area contributed by atoms with Crippen molar-refractivity contribution in [2.75, 3.05) is 43.5 Å². The van der Waals surface area contributed by atoms with Gasteiger partial charge < -0.3 is 20.5 Å². The van der Waals surface area contributed by atoms with Gasteiger partial charge in [-0.05, 0) is 19.4 Å². The molecule has 0 aliphatic rings. The molecule has 0 spiro atoms. The summed E-state index contributed by atoms with van der Waals surface area (Å²) < 4.78 is 5.15. The zero-order chi connectivity index (χ0) is 12.3. The van der Waals surface area contributed by atoms with Crippen molar-refractivity contribution in [3.63, 3.8) is 0 Å². The quantitative estimate of drug-likeness (QED) is 0.552. The van der Waals surface area contributed by atoms with Crippen LogP contribution in [-0.4, -0.2) is 48.0 Å². The van der Waals surface area contributed by atoms with Gasteiger partial charge in [0.2, 0.25) is 5.95 Å². The van der Waals surface area contributed by atoms with E-state index in [4.69, 9.17) is 9.84 Å². The fraction of sp³-hybridized carbons (Fsp3) is 0.636. The van der Waals surface area contributed by atoms with Crippen molar-refractivity contribution in [1.29, 1.82) is 0 Å². The third-order valence-corrected chi connectivity index (χ3v) is 2.00. The Labute approximate surface area is 101 Å². The maximum Gasteiger partial charge on any atom is 0.224 e. The van der Waals surface area contributed by atoms with Gasteiger partial charge in [0, 0.05) is 25.9 Å². The van der Waals surface area contributed by atoms with Gasteiger partial charge in [-0.3, -0.25) is 0 Å². The maximum absolute atomic E-state index is 8.52. The van der Waals surface area contributed by atoms with E-state index >= 15 is 0 Å². The highest BCUT2D eigenvalue weighted by Gasteiger charge is 1.97. The number of aliphatic hydroxyl groups is 1. The zero-order valence-electron chi connectivity index (χ0n) is 10.1. The molecule has 6 heteroatoms. The summed E-state index contributed by atoms with van der Waals surface area (Å²) in [7, 11) is 0. The highest BCUT2D eigenvalue weighted by molar-refractivity contribution is 5.39. The summed E-state index contributed by atoms with van der Waals surface area (Å²) in [5.41, 5.74) is 0. The van der Waals surface area contributed by atoms with Crippen LogP contribution in [0.2, 0.25) is 0 Å². The highest BCUT2D eigenvalue weighted by atomic mass is 16.5. The number of aromatic nitrogens is 2. The molecule has 0 unspecified atom stereocenters. The van der Waals surface area contributed by atoms with Crippen LogP contribution in [0.1, 0.15) is 13.3 Å². The number of anilines is 2. The topological polar surface area (TPSA) is 79.3 Å². The fourth-order valence-electron chi connectivity index (χ4n) is 1.26. The van der Waals surface area contributed by atoms with Gasteiger partial charge in [0.05, 0.1) is 13.2 Å². The molecule has 6 nitrogen and oxygen atoms in total. The molecule has 0 fully saturated rings. The summed E-state index contributed by atoms with van der Waals surface area (Å²) >= 11 is 0. The lowest BCUT2D eigenvalue weighted by molar-refractivity contribution is 0.0922. The molecule has 0 saturated heterocycles. The average molecular weight is 240 g/mol. The van der Waals surface area contributed by atoms with Gasteiger partial charge >= 0.3 is 0 Å². The van der Waals surface area contributed by atoms with Gasteiger partial charge in [-0.25, -0.2) is 4.98 Å². The third kappa shape index (κ3) is 6.03. The highest BCUT2D eigenvalue weighted by Crippen LogP contribution is 2.05. The molecule has 1 heterocycles. The van der Waals surface area contributed by atoms with E-state index in [0.717, 1.165) is 25.3 Å². The van der Waals surface area contributed by atoms with Crippen LogP contribution in [0.4, 0.5) is 11.8 Å². The lowest BCUT2D eigenvalue weighted by Crippen LogP contribution is -2.10. The Morgan fingerprint density at radius 1 is 1.35 bits per heavy atom. The second-order valence-electron chi connectivity index (χ2n) is 3.41. The summed E-state index contributed by atoms with van der Waals surface area (Å²) in [5, 5.41) is 14.8. The molecular weight excluding hydrogens is 220 g/mol. The summed E-state index contributed by atoms with van der Waals surface area (Å²) in [5.74, 6) is 1.44. The predicted octanol–water partition coefficient (Wildman–Crippen LogP) is 0.719. The summed E-state index contributed by atoms with van der Waals surface area (Å²) in [6.45, 7) is 4.70. The molecule has 17 heavy (non-hydrogen) atoms. The summed E-state index contributed by atoms with van der Waals surface area (Å²) in [4.78, 5) is 8.37. The first-order valence-corrected chi connectivity index (χ1v) is 5.86. The van der Waals surface area contributed by atoms with E-state index in [1.165, 1.54) is 0 Å². The third-order valence-electron chi connectivity index (χ3n) is 2.00. The smallest absolute Gasteiger partial charge is 0.224 e. The van der Waals surface area contributed by atoms with Gasteiger partial charge in [0.25, 0.3) is 0 Å². The van der Waals surface area contributed by atoms with Crippen molar-refractivity contribution in [3.05, 3.63) is 12.3 Å². The minimum absolute atomic E-state index is 0.0748.